The van der Waals surface area contributed by atoms with E-state index >= 15 is 0 Å². The summed E-state index contributed by atoms with van der Waals surface area (Å²) in [5.74, 6) is 5.94. The fraction of sp³-hybridized carbons (Fsp3) is 0. The average Bonchev–Trinajstić information content (AvgIpc) is 2.69. The van der Waals surface area contributed by atoms with Gasteiger partial charge in [-0.15, -0.1) is 0 Å². The molecule has 4 heteroatoms. The van der Waals surface area contributed by atoms with Crippen molar-refractivity contribution in [2.75, 3.05) is 5.73 Å². The molecule has 0 atom stereocenters. The zero-order valence-corrected chi connectivity index (χ0v) is 14.2. The van der Waals surface area contributed by atoms with Gasteiger partial charge < -0.3 is 5.73 Å². The molecule has 2 nitrogen and oxygen atoms in total. The van der Waals surface area contributed by atoms with Crippen LogP contribution in [0.1, 0.15) is 11.1 Å². The van der Waals surface area contributed by atoms with Crippen molar-refractivity contribution in [2.24, 2.45) is 0 Å². The van der Waals surface area contributed by atoms with Crippen LogP contribution in [-0.4, -0.2) is 4.98 Å². The second kappa shape index (κ2) is 6.89. The Morgan fingerprint density at radius 3 is 1.96 bits per heavy atom. The summed E-state index contributed by atoms with van der Waals surface area (Å²) in [5, 5.41) is 1.66. The zero-order chi connectivity index (χ0) is 18.8. The van der Waals surface area contributed by atoms with E-state index in [1.807, 2.05) is 24.3 Å². The fourth-order valence-corrected chi connectivity index (χ4v) is 2.90. The van der Waals surface area contributed by atoms with Gasteiger partial charge in [-0.1, -0.05) is 36.1 Å². The summed E-state index contributed by atoms with van der Waals surface area (Å²) < 4.78 is 26.5. The van der Waals surface area contributed by atoms with Crippen molar-refractivity contribution in [3.05, 3.63) is 95.6 Å². The van der Waals surface area contributed by atoms with E-state index in [9.17, 15) is 8.78 Å². The molecule has 0 aliphatic carbocycles. The lowest BCUT2D eigenvalue weighted by Gasteiger charge is -2.10. The Bertz CT molecular complexity index is 1190. The Morgan fingerprint density at radius 2 is 1.30 bits per heavy atom. The van der Waals surface area contributed by atoms with Gasteiger partial charge >= 0.3 is 0 Å². The number of pyridine rings is 1. The topological polar surface area (TPSA) is 38.9 Å². The number of anilines is 1. The highest BCUT2D eigenvalue weighted by Crippen LogP contribution is 2.31. The molecule has 0 radical (unpaired) electrons. The van der Waals surface area contributed by atoms with Crippen molar-refractivity contribution in [3.63, 3.8) is 0 Å². The molecule has 0 unspecified atom stereocenters. The van der Waals surface area contributed by atoms with Gasteiger partial charge in [-0.05, 0) is 48.5 Å². The molecular weight excluding hydrogens is 342 g/mol. The highest BCUT2D eigenvalue weighted by Gasteiger charge is 2.13. The first-order valence-corrected chi connectivity index (χ1v) is 8.33. The number of nitrogens with two attached hydrogens (primary N) is 1. The van der Waals surface area contributed by atoms with Gasteiger partial charge in [0.05, 0.1) is 11.3 Å². The summed E-state index contributed by atoms with van der Waals surface area (Å²) in [7, 11) is 0. The maximum absolute atomic E-state index is 13.3. The molecule has 0 spiro atoms. The molecule has 4 rings (SSSR count). The van der Waals surface area contributed by atoms with E-state index in [0.29, 0.717) is 22.6 Å². The first-order valence-electron chi connectivity index (χ1n) is 8.33. The number of hydrogen-bond acceptors (Lipinski definition) is 2. The molecule has 0 fully saturated rings. The van der Waals surface area contributed by atoms with Gasteiger partial charge in [-0.2, -0.15) is 0 Å². The van der Waals surface area contributed by atoms with E-state index in [4.69, 9.17) is 5.73 Å². The summed E-state index contributed by atoms with van der Waals surface area (Å²) in [6, 6.07) is 19.6. The number of halogens is 2. The van der Waals surface area contributed by atoms with Crippen molar-refractivity contribution < 1.29 is 8.78 Å². The monoisotopic (exact) mass is 356 g/mol. The summed E-state index contributed by atoms with van der Waals surface area (Å²) in [6.45, 7) is 0. The summed E-state index contributed by atoms with van der Waals surface area (Å²) in [4.78, 5) is 4.52. The Kier molecular flexibility index (Phi) is 4.27. The van der Waals surface area contributed by atoms with Crippen molar-refractivity contribution in [1.29, 1.82) is 0 Å². The number of nitrogens with zero attached hydrogens (tertiary/aromatic N) is 1. The molecule has 0 bridgehead atoms. The van der Waals surface area contributed by atoms with Crippen molar-refractivity contribution in [1.82, 2.24) is 4.98 Å². The number of nitrogen functional groups attached to an aromatic ring is 1. The summed E-state index contributed by atoms with van der Waals surface area (Å²) in [6.07, 6.45) is 0. The van der Waals surface area contributed by atoms with Crippen LogP contribution in [-0.2, 0) is 0 Å². The van der Waals surface area contributed by atoms with E-state index in [0.717, 1.165) is 16.3 Å². The molecular formula is C23H14F2N2. The van der Waals surface area contributed by atoms with Gasteiger partial charge in [0, 0.05) is 21.9 Å². The Hall–Kier alpha value is -3.71. The van der Waals surface area contributed by atoms with Crippen LogP contribution >= 0.6 is 0 Å². The smallest absolute Gasteiger partial charge is 0.132 e. The third-order valence-electron chi connectivity index (χ3n) is 4.24. The molecule has 2 N–H and O–H groups in total. The maximum atomic E-state index is 13.3. The van der Waals surface area contributed by atoms with E-state index < -0.39 is 0 Å². The number of rotatable bonds is 1. The maximum Gasteiger partial charge on any atom is 0.132 e. The van der Waals surface area contributed by atoms with E-state index in [-0.39, 0.29) is 11.6 Å². The fourth-order valence-electron chi connectivity index (χ4n) is 2.90. The molecule has 0 amide bonds. The van der Waals surface area contributed by atoms with Crippen LogP contribution in [0.25, 0.3) is 22.0 Å². The van der Waals surface area contributed by atoms with Gasteiger partial charge in [-0.25, -0.2) is 13.8 Å². The number of hydrogen-bond donors (Lipinski definition) is 1. The second-order valence-electron chi connectivity index (χ2n) is 6.03. The lowest BCUT2D eigenvalue weighted by atomic mass is 9.99. The Morgan fingerprint density at radius 1 is 0.704 bits per heavy atom. The molecule has 0 saturated heterocycles. The Balaban J connectivity index is 1.96. The van der Waals surface area contributed by atoms with Gasteiger partial charge in [0.25, 0.3) is 0 Å². The van der Waals surface area contributed by atoms with Gasteiger partial charge in [0.15, 0.2) is 0 Å². The van der Waals surface area contributed by atoms with Crippen LogP contribution in [0.3, 0.4) is 0 Å². The van der Waals surface area contributed by atoms with Crippen LogP contribution in [0.4, 0.5) is 14.6 Å². The quantitative estimate of drug-likeness (QED) is 0.478. The minimum absolute atomic E-state index is 0.313. The molecule has 1 heterocycles. The van der Waals surface area contributed by atoms with Gasteiger partial charge in [0.1, 0.15) is 17.5 Å². The van der Waals surface area contributed by atoms with Crippen LogP contribution in [0, 0.1) is 23.5 Å². The van der Waals surface area contributed by atoms with E-state index in [1.54, 1.807) is 24.3 Å². The zero-order valence-electron chi connectivity index (χ0n) is 14.2. The summed E-state index contributed by atoms with van der Waals surface area (Å²) in [5.41, 5.74) is 8.82. The molecule has 4 aromatic rings. The molecule has 130 valence electrons. The predicted octanol–water partition coefficient (Wildman–Crippen LogP) is 5.16. The number of aromatic nitrogens is 1. The molecule has 0 aliphatic rings. The number of benzene rings is 3. The van der Waals surface area contributed by atoms with E-state index in [2.05, 4.69) is 16.8 Å². The van der Waals surface area contributed by atoms with Gasteiger partial charge in [-0.3, -0.25) is 0 Å². The minimum Gasteiger partial charge on any atom is -0.383 e. The van der Waals surface area contributed by atoms with E-state index in [1.165, 1.54) is 24.3 Å². The molecule has 3 aromatic carbocycles. The molecule has 0 saturated carbocycles. The molecule has 27 heavy (non-hydrogen) atoms. The van der Waals surface area contributed by atoms with Crippen LogP contribution < -0.4 is 5.73 Å². The normalized spacial score (nSPS) is 10.4. The molecule has 0 aliphatic heterocycles. The first kappa shape index (κ1) is 16.7. The van der Waals surface area contributed by atoms with Crippen LogP contribution in [0.2, 0.25) is 0 Å². The van der Waals surface area contributed by atoms with Crippen molar-refractivity contribution in [3.8, 4) is 23.1 Å². The lowest BCUT2D eigenvalue weighted by molar-refractivity contribution is 0.627. The SMILES string of the molecule is Nc1nc(-c2ccc(F)cc2)c(C#Cc2ccc(F)cc2)c2ccccc12. The highest BCUT2D eigenvalue weighted by molar-refractivity contribution is 5.99. The number of fused-ring (bicyclic) bond motifs is 1. The second-order valence-corrected chi connectivity index (χ2v) is 6.03. The Labute approximate surface area is 155 Å². The lowest BCUT2D eigenvalue weighted by Crippen LogP contribution is -1.98. The van der Waals surface area contributed by atoms with Gasteiger partial charge in [0.2, 0.25) is 0 Å². The third-order valence-corrected chi connectivity index (χ3v) is 4.24. The predicted molar refractivity (Wildman–Crippen MR) is 104 cm³/mol. The van der Waals surface area contributed by atoms with Crippen LogP contribution in [0.5, 0.6) is 0 Å². The largest absolute Gasteiger partial charge is 0.383 e. The minimum atomic E-state index is -0.327. The summed E-state index contributed by atoms with van der Waals surface area (Å²) >= 11 is 0. The van der Waals surface area contributed by atoms with Crippen molar-refractivity contribution in [2.45, 2.75) is 0 Å². The van der Waals surface area contributed by atoms with Crippen molar-refractivity contribution >= 4 is 16.6 Å². The average molecular weight is 356 g/mol. The molecule has 1 aromatic heterocycles. The van der Waals surface area contributed by atoms with Crippen LogP contribution in [0.15, 0.2) is 72.8 Å². The highest BCUT2D eigenvalue weighted by atomic mass is 19.1. The standard InChI is InChI=1S/C23H14F2N2/c24-17-10-5-15(6-11-17)7-14-20-19-3-1-2-4-21(19)23(26)27-22(20)16-8-12-18(25)13-9-16/h1-6,8-13H,(H2,26,27). The first-order chi connectivity index (χ1) is 13.1. The third kappa shape index (κ3) is 3.36.